The molecule has 0 aromatic heterocycles. The van der Waals surface area contributed by atoms with E-state index in [-0.39, 0.29) is 22.8 Å². The zero-order valence-corrected chi connectivity index (χ0v) is 10.9. The number of phenols is 1. The Morgan fingerprint density at radius 3 is 2.38 bits per heavy atom. The molecule has 2 aromatic carbocycles. The van der Waals surface area contributed by atoms with Crippen LogP contribution in [0.15, 0.2) is 54.6 Å². The molecule has 1 N–H and O–H groups in total. The molecule has 2 aromatic rings. The van der Waals surface area contributed by atoms with Gasteiger partial charge in [-0.3, -0.25) is 4.79 Å². The van der Waals surface area contributed by atoms with Crippen molar-refractivity contribution in [1.82, 2.24) is 0 Å². The summed E-state index contributed by atoms with van der Waals surface area (Å²) in [5, 5.41) is 9.56. The zero-order valence-electron chi connectivity index (χ0n) is 10.9. The van der Waals surface area contributed by atoms with E-state index in [1.54, 1.807) is 24.3 Å². The molecule has 0 heterocycles. The SMILES string of the molecule is O=C(/C=C/c1ccc(OC(F)F)cc1)c1ccccc1O. The van der Waals surface area contributed by atoms with Gasteiger partial charge in [0.1, 0.15) is 11.5 Å². The fourth-order valence-corrected chi connectivity index (χ4v) is 1.70. The summed E-state index contributed by atoms with van der Waals surface area (Å²) >= 11 is 0. The lowest BCUT2D eigenvalue weighted by Gasteiger charge is -2.03. The van der Waals surface area contributed by atoms with Crippen LogP contribution in [0, 0.1) is 0 Å². The highest BCUT2D eigenvalue weighted by molar-refractivity contribution is 6.08. The molecule has 0 radical (unpaired) electrons. The van der Waals surface area contributed by atoms with E-state index in [0.717, 1.165) is 0 Å². The quantitative estimate of drug-likeness (QED) is 0.671. The van der Waals surface area contributed by atoms with E-state index in [9.17, 15) is 18.7 Å². The number of hydrogen-bond donors (Lipinski definition) is 1. The standard InChI is InChI=1S/C16H12F2O3/c17-16(18)21-12-8-5-11(6-9-12)7-10-15(20)13-3-1-2-4-14(13)19/h1-10,16,19H/b10-7+. The summed E-state index contributed by atoms with van der Waals surface area (Å²) in [6, 6.07) is 12.1. The van der Waals surface area contributed by atoms with Crippen LogP contribution in [0.3, 0.4) is 0 Å². The zero-order chi connectivity index (χ0) is 15.2. The van der Waals surface area contributed by atoms with Gasteiger partial charge in [0.05, 0.1) is 5.56 Å². The summed E-state index contributed by atoms with van der Waals surface area (Å²) in [6.07, 6.45) is 2.83. The summed E-state index contributed by atoms with van der Waals surface area (Å²) < 4.78 is 28.2. The van der Waals surface area contributed by atoms with E-state index in [1.807, 2.05) is 0 Å². The molecule has 21 heavy (non-hydrogen) atoms. The summed E-state index contributed by atoms with van der Waals surface area (Å²) in [4.78, 5) is 11.9. The fourth-order valence-electron chi connectivity index (χ4n) is 1.70. The number of ether oxygens (including phenoxy) is 1. The molecule has 3 nitrogen and oxygen atoms in total. The van der Waals surface area contributed by atoms with E-state index in [0.29, 0.717) is 5.56 Å². The summed E-state index contributed by atoms with van der Waals surface area (Å²) in [6.45, 7) is -2.87. The summed E-state index contributed by atoms with van der Waals surface area (Å²) in [7, 11) is 0. The van der Waals surface area contributed by atoms with Crippen LogP contribution < -0.4 is 4.74 Å². The van der Waals surface area contributed by atoms with Crippen LogP contribution in [0.25, 0.3) is 6.08 Å². The number of carbonyl (C=O) groups is 1. The van der Waals surface area contributed by atoms with Crippen LogP contribution in [0.5, 0.6) is 11.5 Å². The van der Waals surface area contributed by atoms with Gasteiger partial charge in [-0.25, -0.2) is 0 Å². The molecule has 108 valence electrons. The lowest BCUT2D eigenvalue weighted by atomic mass is 10.1. The first kappa shape index (κ1) is 14.7. The molecule has 0 amide bonds. The summed E-state index contributed by atoms with van der Waals surface area (Å²) in [5.74, 6) is -0.386. The van der Waals surface area contributed by atoms with Crippen LogP contribution in [-0.4, -0.2) is 17.5 Å². The first-order valence-electron chi connectivity index (χ1n) is 6.11. The lowest BCUT2D eigenvalue weighted by Crippen LogP contribution is -2.01. The minimum Gasteiger partial charge on any atom is -0.507 e. The Bertz CT molecular complexity index is 649. The van der Waals surface area contributed by atoms with E-state index < -0.39 is 6.61 Å². The molecular formula is C16H12F2O3. The minimum absolute atomic E-state index is 0.0502. The largest absolute Gasteiger partial charge is 0.507 e. The third kappa shape index (κ3) is 4.14. The Morgan fingerprint density at radius 2 is 1.76 bits per heavy atom. The maximum Gasteiger partial charge on any atom is 0.387 e. The van der Waals surface area contributed by atoms with Crippen molar-refractivity contribution < 1.29 is 23.4 Å². The molecule has 0 saturated heterocycles. The van der Waals surface area contributed by atoms with Crippen molar-refractivity contribution >= 4 is 11.9 Å². The van der Waals surface area contributed by atoms with Gasteiger partial charge in [0.2, 0.25) is 0 Å². The number of hydrogen-bond acceptors (Lipinski definition) is 3. The number of alkyl halides is 2. The molecule has 0 atom stereocenters. The number of para-hydroxylation sites is 1. The van der Waals surface area contributed by atoms with Crippen molar-refractivity contribution in [2.75, 3.05) is 0 Å². The van der Waals surface area contributed by atoms with Crippen molar-refractivity contribution in [2.24, 2.45) is 0 Å². The predicted molar refractivity (Wildman–Crippen MR) is 74.5 cm³/mol. The normalized spacial score (nSPS) is 11.0. The first-order valence-corrected chi connectivity index (χ1v) is 6.11. The van der Waals surface area contributed by atoms with Crippen molar-refractivity contribution in [3.63, 3.8) is 0 Å². The number of rotatable bonds is 5. The molecule has 0 fully saturated rings. The monoisotopic (exact) mass is 290 g/mol. The molecule has 0 saturated carbocycles. The molecule has 0 aliphatic carbocycles. The smallest absolute Gasteiger partial charge is 0.387 e. The van der Waals surface area contributed by atoms with Crippen LogP contribution in [0.4, 0.5) is 8.78 Å². The van der Waals surface area contributed by atoms with Crippen LogP contribution >= 0.6 is 0 Å². The van der Waals surface area contributed by atoms with Crippen LogP contribution in [0.2, 0.25) is 0 Å². The molecule has 5 heteroatoms. The first-order chi connectivity index (χ1) is 10.1. The Morgan fingerprint density at radius 1 is 1.10 bits per heavy atom. The number of benzene rings is 2. The highest BCUT2D eigenvalue weighted by Crippen LogP contribution is 2.18. The van der Waals surface area contributed by atoms with Crippen molar-refractivity contribution in [3.8, 4) is 11.5 Å². The molecule has 0 unspecified atom stereocenters. The summed E-state index contributed by atoms with van der Waals surface area (Å²) in [5.41, 5.74) is 0.854. The minimum atomic E-state index is -2.87. The van der Waals surface area contributed by atoms with Gasteiger partial charge in [-0.1, -0.05) is 30.3 Å². The third-order valence-electron chi connectivity index (χ3n) is 2.70. The number of phenolic OH excluding ortho intramolecular Hbond substituents is 1. The van der Waals surface area contributed by atoms with Crippen molar-refractivity contribution in [2.45, 2.75) is 6.61 Å². The van der Waals surface area contributed by atoms with E-state index in [2.05, 4.69) is 4.74 Å². The highest BCUT2D eigenvalue weighted by atomic mass is 19.3. The lowest BCUT2D eigenvalue weighted by molar-refractivity contribution is -0.0498. The van der Waals surface area contributed by atoms with E-state index in [1.165, 1.54) is 36.4 Å². The average Bonchev–Trinajstić information content (AvgIpc) is 2.46. The second-order valence-corrected chi connectivity index (χ2v) is 4.16. The Hall–Kier alpha value is -2.69. The van der Waals surface area contributed by atoms with Crippen molar-refractivity contribution in [3.05, 3.63) is 65.7 Å². The number of aromatic hydroxyl groups is 1. The molecule has 0 spiro atoms. The van der Waals surface area contributed by atoms with Gasteiger partial charge >= 0.3 is 6.61 Å². The number of halogens is 2. The Kier molecular flexibility index (Phi) is 4.66. The number of carbonyl (C=O) groups excluding carboxylic acids is 1. The molecule has 0 bridgehead atoms. The van der Waals surface area contributed by atoms with Gasteiger partial charge in [-0.05, 0) is 35.9 Å². The topological polar surface area (TPSA) is 46.5 Å². The van der Waals surface area contributed by atoms with E-state index in [4.69, 9.17) is 0 Å². The van der Waals surface area contributed by atoms with Crippen molar-refractivity contribution in [1.29, 1.82) is 0 Å². The molecule has 0 aliphatic rings. The van der Waals surface area contributed by atoms with E-state index >= 15 is 0 Å². The number of ketones is 1. The second-order valence-electron chi connectivity index (χ2n) is 4.16. The molecule has 0 aliphatic heterocycles. The second kappa shape index (κ2) is 6.65. The molecule has 2 rings (SSSR count). The maximum absolute atomic E-state index is 12.0. The number of allylic oxidation sites excluding steroid dienone is 1. The van der Waals surface area contributed by atoms with Gasteiger partial charge in [0.15, 0.2) is 5.78 Å². The maximum atomic E-state index is 12.0. The van der Waals surface area contributed by atoms with Gasteiger partial charge in [-0.15, -0.1) is 0 Å². The van der Waals surface area contributed by atoms with Crippen LogP contribution in [-0.2, 0) is 0 Å². The Balaban J connectivity index is 2.07. The van der Waals surface area contributed by atoms with Gasteiger partial charge in [0.25, 0.3) is 0 Å². The highest BCUT2D eigenvalue weighted by Gasteiger charge is 2.06. The molecular weight excluding hydrogens is 278 g/mol. The Labute approximate surface area is 120 Å². The third-order valence-corrected chi connectivity index (χ3v) is 2.70. The predicted octanol–water partition coefficient (Wildman–Crippen LogP) is 3.89. The fraction of sp³-hybridized carbons (Fsp3) is 0.0625. The van der Waals surface area contributed by atoms with Crippen LogP contribution in [0.1, 0.15) is 15.9 Å². The van der Waals surface area contributed by atoms with Gasteiger partial charge < -0.3 is 9.84 Å². The average molecular weight is 290 g/mol. The van der Waals surface area contributed by atoms with Gasteiger partial charge in [-0.2, -0.15) is 8.78 Å². The van der Waals surface area contributed by atoms with Gasteiger partial charge in [0, 0.05) is 0 Å².